The average molecular weight is 547 g/mol. The van der Waals surface area contributed by atoms with Gasteiger partial charge in [-0.2, -0.15) is 5.26 Å². The van der Waals surface area contributed by atoms with Gasteiger partial charge in [-0.15, -0.1) is 0 Å². The summed E-state index contributed by atoms with van der Waals surface area (Å²) in [5, 5.41) is 10.7. The molecule has 2 bridgehead atoms. The first kappa shape index (κ1) is 26.9. The molecule has 40 heavy (non-hydrogen) atoms. The molecule has 4 aliphatic heterocycles. The number of nitriles is 1. The Kier molecular flexibility index (Phi) is 6.91. The van der Waals surface area contributed by atoms with E-state index in [1.807, 2.05) is 6.92 Å². The zero-order valence-corrected chi connectivity index (χ0v) is 24.0. The highest BCUT2D eigenvalue weighted by Crippen LogP contribution is 2.57. The largest absolute Gasteiger partial charge is 0.489 e. The second-order valence-electron chi connectivity index (χ2n) is 11.2. The van der Waals surface area contributed by atoms with Gasteiger partial charge in [0.05, 0.1) is 18.2 Å². The van der Waals surface area contributed by atoms with E-state index in [0.717, 1.165) is 45.9 Å². The summed E-state index contributed by atoms with van der Waals surface area (Å²) in [6, 6.07) is 4.28. The van der Waals surface area contributed by atoms with Crippen LogP contribution in [0, 0.1) is 32.1 Å². The molecular weight excluding hydrogens is 508 g/mol. The van der Waals surface area contributed by atoms with Gasteiger partial charge >= 0.3 is 0 Å². The minimum Gasteiger partial charge on any atom is -0.489 e. The second kappa shape index (κ2) is 10.3. The maximum Gasteiger partial charge on any atom is 0.231 e. The molecule has 5 atom stereocenters. The van der Waals surface area contributed by atoms with Crippen molar-refractivity contribution in [1.82, 2.24) is 9.80 Å². The number of likely N-dealkylation sites (N-methyl/N-ethyl adjacent to an activating group) is 1. The van der Waals surface area contributed by atoms with E-state index in [4.69, 9.17) is 29.4 Å². The zero-order valence-electron chi connectivity index (χ0n) is 24.0. The molecule has 1 saturated heterocycles. The van der Waals surface area contributed by atoms with Crippen LogP contribution in [0.5, 0.6) is 23.0 Å². The van der Waals surface area contributed by atoms with Crippen molar-refractivity contribution >= 4 is 0 Å². The van der Waals surface area contributed by atoms with E-state index in [9.17, 15) is 5.26 Å². The number of fused-ring (bicyclic) bond motifs is 9. The molecule has 212 valence electrons. The Hall–Kier alpha value is -3.29. The van der Waals surface area contributed by atoms with Crippen LogP contribution in [-0.4, -0.2) is 68.8 Å². The Morgan fingerprint density at radius 2 is 1.88 bits per heavy atom. The van der Waals surface area contributed by atoms with E-state index < -0.39 is 0 Å². The highest BCUT2D eigenvalue weighted by atomic mass is 16.7. The van der Waals surface area contributed by atoms with Crippen LogP contribution < -0.4 is 24.7 Å². The van der Waals surface area contributed by atoms with E-state index in [1.54, 1.807) is 13.2 Å². The monoisotopic (exact) mass is 546 g/mol. The molecule has 2 aromatic rings. The molecule has 4 heterocycles. The van der Waals surface area contributed by atoms with Crippen LogP contribution in [0.2, 0.25) is 0 Å². The molecule has 0 spiro atoms. The van der Waals surface area contributed by atoms with Crippen LogP contribution in [0.3, 0.4) is 0 Å². The second-order valence-corrected chi connectivity index (χ2v) is 11.2. The van der Waals surface area contributed by atoms with Crippen molar-refractivity contribution in [2.75, 3.05) is 40.9 Å². The average Bonchev–Trinajstić information content (AvgIpc) is 3.44. The normalized spacial score (nSPS) is 26.4. The molecule has 2 aromatic carbocycles. The molecule has 0 saturated carbocycles. The number of hydrogen-bond acceptors (Lipinski definition) is 9. The van der Waals surface area contributed by atoms with Gasteiger partial charge in [0.2, 0.25) is 6.79 Å². The lowest BCUT2D eigenvalue weighted by molar-refractivity contribution is -0.0718. The number of hydrogen-bond donors (Lipinski definition) is 1. The number of methoxy groups -OCH3 is 1. The van der Waals surface area contributed by atoms with E-state index in [-0.39, 0.29) is 43.8 Å². The maximum absolute atomic E-state index is 10.7. The van der Waals surface area contributed by atoms with Gasteiger partial charge in [0, 0.05) is 48.0 Å². The van der Waals surface area contributed by atoms with Crippen molar-refractivity contribution in [3.63, 3.8) is 0 Å². The van der Waals surface area contributed by atoms with Gasteiger partial charge in [-0.3, -0.25) is 9.80 Å². The highest BCUT2D eigenvalue weighted by Gasteiger charge is 2.56. The number of ether oxygens (including phenoxy) is 5. The van der Waals surface area contributed by atoms with Gasteiger partial charge in [-0.1, -0.05) is 18.7 Å². The van der Waals surface area contributed by atoms with E-state index >= 15 is 0 Å². The fourth-order valence-corrected chi connectivity index (χ4v) is 7.55. The van der Waals surface area contributed by atoms with Crippen LogP contribution in [0.25, 0.3) is 0 Å². The third-order valence-electron chi connectivity index (χ3n) is 9.30. The summed E-state index contributed by atoms with van der Waals surface area (Å²) in [5.74, 6) is 3.10. The van der Waals surface area contributed by atoms with Crippen LogP contribution in [-0.2, 0) is 17.6 Å². The van der Waals surface area contributed by atoms with Gasteiger partial charge < -0.3 is 29.4 Å². The quantitative estimate of drug-likeness (QED) is 0.412. The molecule has 0 radical (unpaired) electrons. The summed E-state index contributed by atoms with van der Waals surface area (Å²) in [6.07, 6.45) is 3.15. The van der Waals surface area contributed by atoms with Crippen molar-refractivity contribution in [2.45, 2.75) is 63.8 Å². The van der Waals surface area contributed by atoms with E-state index in [1.165, 1.54) is 16.7 Å². The first-order valence-corrected chi connectivity index (χ1v) is 13.9. The topological polar surface area (TPSA) is 102 Å². The summed E-state index contributed by atoms with van der Waals surface area (Å²) in [7, 11) is 3.78. The summed E-state index contributed by atoms with van der Waals surface area (Å²) >= 11 is 0. The van der Waals surface area contributed by atoms with Crippen molar-refractivity contribution < 1.29 is 23.7 Å². The van der Waals surface area contributed by atoms with Gasteiger partial charge in [0.25, 0.3) is 0 Å². The van der Waals surface area contributed by atoms with Crippen molar-refractivity contribution in [3.8, 4) is 29.1 Å². The molecule has 0 amide bonds. The summed E-state index contributed by atoms with van der Waals surface area (Å²) in [4.78, 5) is 4.74. The minimum atomic E-state index is -0.358. The van der Waals surface area contributed by atoms with Gasteiger partial charge in [0.15, 0.2) is 18.3 Å². The fraction of sp³-hybridized carbons (Fsp3) is 0.516. The molecule has 6 rings (SSSR count). The van der Waals surface area contributed by atoms with Crippen LogP contribution in [0.1, 0.15) is 51.0 Å². The molecular formula is C31H38N4O5. The van der Waals surface area contributed by atoms with Crippen molar-refractivity contribution in [1.29, 1.82) is 5.26 Å². The lowest BCUT2D eigenvalue weighted by atomic mass is 9.71. The lowest BCUT2D eigenvalue weighted by Gasteiger charge is -2.60. The molecule has 1 fully saturated rings. The third-order valence-corrected chi connectivity index (χ3v) is 9.30. The van der Waals surface area contributed by atoms with Crippen molar-refractivity contribution in [3.05, 3.63) is 57.7 Å². The predicted octanol–water partition coefficient (Wildman–Crippen LogP) is 3.62. The molecule has 0 aromatic heterocycles. The molecule has 2 N–H and O–H groups in total. The number of nitrogens with zero attached hydrogens (tertiary/aromatic N) is 3. The van der Waals surface area contributed by atoms with Gasteiger partial charge in [-0.05, 0) is 57.4 Å². The van der Waals surface area contributed by atoms with Crippen LogP contribution in [0.4, 0.5) is 0 Å². The van der Waals surface area contributed by atoms with Gasteiger partial charge in [-0.25, -0.2) is 0 Å². The summed E-state index contributed by atoms with van der Waals surface area (Å²) < 4.78 is 29.9. The molecule has 4 aliphatic rings. The number of aryl methyl sites for hydroxylation is 1. The van der Waals surface area contributed by atoms with Crippen molar-refractivity contribution in [2.24, 2.45) is 5.73 Å². The molecule has 9 nitrogen and oxygen atoms in total. The Morgan fingerprint density at radius 1 is 1.10 bits per heavy atom. The highest BCUT2D eigenvalue weighted by molar-refractivity contribution is 5.66. The Bertz CT molecular complexity index is 1400. The molecule has 0 aliphatic carbocycles. The first-order valence-electron chi connectivity index (χ1n) is 13.9. The SMILES string of the molecule is C=CCOc1c(C)c2c(c3c1CC1C4c5c(cc(C)c(C)c5OCOC)C[C@@H]([C@H](C#N)N1[C@H]3CN)N4C)OCO2. The number of nitrogens with two attached hydrogens (primary N) is 1. The smallest absolute Gasteiger partial charge is 0.231 e. The van der Waals surface area contributed by atoms with Crippen LogP contribution in [0.15, 0.2) is 18.7 Å². The number of piperazine rings is 1. The molecule has 9 heteroatoms. The zero-order chi connectivity index (χ0) is 28.3. The first-order chi connectivity index (χ1) is 19.4. The number of benzene rings is 2. The Morgan fingerprint density at radius 3 is 2.58 bits per heavy atom. The van der Waals surface area contributed by atoms with E-state index in [0.29, 0.717) is 25.3 Å². The Balaban J connectivity index is 1.59. The van der Waals surface area contributed by atoms with Gasteiger partial charge in [0.1, 0.15) is 24.1 Å². The lowest BCUT2D eigenvalue weighted by Crippen LogP contribution is -2.68. The minimum absolute atomic E-state index is 0.00103. The molecule has 2 unspecified atom stereocenters. The standard InChI is InChI=1S/C31H38N4O5/c1-7-8-37-28-18(4)30-31(40-15-39-30)26-20(28)11-22-27-25-19(9-16(2)17(3)29(25)38-14-36-6)10-21(34(27)5)23(12-32)35(22)24(26)13-33/h7,9,21-24,27H,1,8,10-11,13-15,33H2,2-6H3/t21-,22?,23-,24-,27?/m0/s1. The number of rotatable bonds is 7. The predicted molar refractivity (Wildman–Crippen MR) is 150 cm³/mol. The fourth-order valence-electron chi connectivity index (χ4n) is 7.55. The summed E-state index contributed by atoms with van der Waals surface area (Å²) in [5.41, 5.74) is 14.2. The van der Waals surface area contributed by atoms with E-state index in [2.05, 4.69) is 49.4 Å². The third kappa shape index (κ3) is 3.74. The Labute approximate surface area is 236 Å². The van der Waals surface area contributed by atoms with Crippen LogP contribution >= 0.6 is 0 Å². The maximum atomic E-state index is 10.7. The summed E-state index contributed by atoms with van der Waals surface area (Å²) in [6.45, 7) is 11.1.